The maximum absolute atomic E-state index is 12.6. The zero-order valence-corrected chi connectivity index (χ0v) is 6.39. The lowest BCUT2D eigenvalue weighted by Crippen LogP contribution is -2.08. The highest BCUT2D eigenvalue weighted by Gasteiger charge is 2.34. The second-order valence-electron chi connectivity index (χ2n) is 2.03. The maximum Gasteiger partial charge on any atom is 0.419 e. The molecular weight excluding hydrogens is 194 g/mol. The summed E-state index contributed by atoms with van der Waals surface area (Å²) in [7, 11) is 0. The molecule has 1 aromatic rings. The predicted octanol–water partition coefficient (Wildman–Crippen LogP) is 2.90. The molecule has 1 nitrogen and oxygen atoms in total. The van der Waals surface area contributed by atoms with Crippen LogP contribution in [0.2, 0.25) is 0 Å². The van der Waals surface area contributed by atoms with Gasteiger partial charge < -0.3 is 4.98 Å². The Morgan fingerprint density at radius 2 is 1.92 bits per heavy atom. The van der Waals surface area contributed by atoms with Crippen LogP contribution >= 0.6 is 12.2 Å². The third kappa shape index (κ3) is 1.63. The van der Waals surface area contributed by atoms with E-state index in [1.807, 2.05) is 0 Å². The van der Waals surface area contributed by atoms with Gasteiger partial charge in [0.1, 0.15) is 4.64 Å². The van der Waals surface area contributed by atoms with Crippen LogP contribution in [0.15, 0.2) is 12.3 Å². The summed E-state index contributed by atoms with van der Waals surface area (Å²) in [6, 6.07) is 0.602. The summed E-state index contributed by atoms with van der Waals surface area (Å²) in [4.78, 5) is 2.15. The predicted molar refractivity (Wildman–Crippen MR) is 36.6 cm³/mol. The van der Waals surface area contributed by atoms with E-state index in [-0.39, 0.29) is 0 Å². The van der Waals surface area contributed by atoms with E-state index in [0.717, 1.165) is 6.20 Å². The number of alkyl halides is 3. The van der Waals surface area contributed by atoms with Gasteiger partial charge in [-0.05, 0) is 6.07 Å². The smallest absolute Gasteiger partial charge is 0.350 e. The summed E-state index contributed by atoms with van der Waals surface area (Å²) in [5.41, 5.74) is -1.34. The molecule has 0 aromatic carbocycles. The number of hydrogen-bond acceptors (Lipinski definition) is 1. The Bertz CT molecular complexity index is 340. The molecule has 0 radical (unpaired) electrons. The Kier molecular flexibility index (Phi) is 2.18. The van der Waals surface area contributed by atoms with Crippen LogP contribution in [0.1, 0.15) is 5.56 Å². The van der Waals surface area contributed by atoms with E-state index in [1.54, 1.807) is 0 Å². The van der Waals surface area contributed by atoms with Crippen molar-refractivity contribution in [2.75, 3.05) is 0 Å². The van der Waals surface area contributed by atoms with Gasteiger partial charge in [-0.15, -0.1) is 0 Å². The fourth-order valence-corrected chi connectivity index (χ4v) is 0.856. The average molecular weight is 197 g/mol. The van der Waals surface area contributed by atoms with E-state index in [1.165, 1.54) is 0 Å². The Labute approximate surface area is 70.0 Å². The minimum Gasteiger partial charge on any atom is -0.350 e. The number of nitrogens with one attached hydrogen (secondary N) is 1. The van der Waals surface area contributed by atoms with Crippen molar-refractivity contribution in [1.82, 2.24) is 4.98 Å². The Morgan fingerprint density at radius 3 is 2.33 bits per heavy atom. The first-order valence-electron chi connectivity index (χ1n) is 2.87. The van der Waals surface area contributed by atoms with Gasteiger partial charge in [-0.3, -0.25) is 0 Å². The highest BCUT2D eigenvalue weighted by molar-refractivity contribution is 7.71. The van der Waals surface area contributed by atoms with E-state index in [9.17, 15) is 17.6 Å². The number of hydrogen-bond donors (Lipinski definition) is 1. The fourth-order valence-electron chi connectivity index (χ4n) is 0.678. The summed E-state index contributed by atoms with van der Waals surface area (Å²) in [5, 5.41) is 0. The SMILES string of the molecule is Fc1c(C(F)(F)F)cc[nH]c1=S. The summed E-state index contributed by atoms with van der Waals surface area (Å²) < 4.78 is 47.9. The Hall–Kier alpha value is -0.910. The minimum absolute atomic E-state index is 0.537. The monoisotopic (exact) mass is 197 g/mol. The van der Waals surface area contributed by atoms with Crippen molar-refractivity contribution < 1.29 is 17.6 Å². The van der Waals surface area contributed by atoms with Crippen LogP contribution < -0.4 is 0 Å². The zero-order chi connectivity index (χ0) is 9.35. The third-order valence-corrected chi connectivity index (χ3v) is 1.50. The number of aromatic nitrogens is 1. The quantitative estimate of drug-likeness (QED) is 0.499. The molecule has 0 bridgehead atoms. The van der Waals surface area contributed by atoms with Crippen molar-refractivity contribution in [3.8, 4) is 0 Å². The fraction of sp³-hybridized carbons (Fsp3) is 0.167. The molecule has 12 heavy (non-hydrogen) atoms. The molecule has 1 rings (SSSR count). The lowest BCUT2D eigenvalue weighted by Gasteiger charge is -2.06. The second kappa shape index (κ2) is 2.85. The molecule has 1 N–H and O–H groups in total. The van der Waals surface area contributed by atoms with Gasteiger partial charge in [0.25, 0.3) is 0 Å². The molecule has 1 aromatic heterocycles. The van der Waals surface area contributed by atoms with Crippen molar-refractivity contribution in [3.05, 3.63) is 28.3 Å². The van der Waals surface area contributed by atoms with Crippen molar-refractivity contribution in [2.45, 2.75) is 6.18 Å². The third-order valence-electron chi connectivity index (χ3n) is 1.21. The number of aromatic amines is 1. The van der Waals surface area contributed by atoms with Gasteiger partial charge in [-0.1, -0.05) is 12.2 Å². The molecule has 0 saturated heterocycles. The summed E-state index contributed by atoms with van der Waals surface area (Å²) in [5.74, 6) is -1.43. The summed E-state index contributed by atoms with van der Waals surface area (Å²) in [6.45, 7) is 0. The van der Waals surface area contributed by atoms with Crippen LogP contribution in [-0.4, -0.2) is 4.98 Å². The van der Waals surface area contributed by atoms with Gasteiger partial charge >= 0.3 is 6.18 Å². The van der Waals surface area contributed by atoms with Gasteiger partial charge in [0.05, 0.1) is 5.56 Å². The van der Waals surface area contributed by atoms with Crippen molar-refractivity contribution >= 4 is 12.2 Å². The molecule has 0 unspecified atom stereocenters. The molecular formula is C6H3F4NS. The molecule has 0 aliphatic carbocycles. The van der Waals surface area contributed by atoms with Crippen molar-refractivity contribution in [3.63, 3.8) is 0 Å². The van der Waals surface area contributed by atoms with Gasteiger partial charge in [-0.25, -0.2) is 4.39 Å². The van der Waals surface area contributed by atoms with E-state index < -0.39 is 22.2 Å². The summed E-state index contributed by atoms with van der Waals surface area (Å²) >= 11 is 4.28. The number of H-pyrrole nitrogens is 1. The van der Waals surface area contributed by atoms with Gasteiger partial charge in [-0.2, -0.15) is 13.2 Å². The minimum atomic E-state index is -4.69. The summed E-state index contributed by atoms with van der Waals surface area (Å²) in [6.07, 6.45) is -3.74. The first-order chi connectivity index (χ1) is 5.43. The highest BCUT2D eigenvalue weighted by Crippen LogP contribution is 2.30. The first kappa shape index (κ1) is 9.18. The van der Waals surface area contributed by atoms with E-state index in [4.69, 9.17) is 0 Å². The average Bonchev–Trinajstić information content (AvgIpc) is 1.92. The normalized spacial score (nSPS) is 11.7. The number of halogens is 4. The van der Waals surface area contributed by atoms with Crippen LogP contribution in [0.25, 0.3) is 0 Å². The molecule has 0 amide bonds. The van der Waals surface area contributed by atoms with E-state index in [2.05, 4.69) is 17.2 Å². The molecule has 0 spiro atoms. The van der Waals surface area contributed by atoms with Crippen LogP contribution in [0.4, 0.5) is 17.6 Å². The molecule has 0 aliphatic rings. The molecule has 0 fully saturated rings. The second-order valence-corrected chi connectivity index (χ2v) is 2.44. The first-order valence-corrected chi connectivity index (χ1v) is 3.28. The van der Waals surface area contributed by atoms with Crippen molar-refractivity contribution in [1.29, 1.82) is 0 Å². The lowest BCUT2D eigenvalue weighted by atomic mass is 10.2. The van der Waals surface area contributed by atoms with Crippen LogP contribution in [0, 0.1) is 10.5 Å². The highest BCUT2D eigenvalue weighted by atomic mass is 32.1. The van der Waals surface area contributed by atoms with Crippen LogP contribution in [-0.2, 0) is 6.18 Å². The molecule has 0 saturated carbocycles. The van der Waals surface area contributed by atoms with Crippen molar-refractivity contribution in [2.24, 2.45) is 0 Å². The lowest BCUT2D eigenvalue weighted by molar-refractivity contribution is -0.140. The van der Waals surface area contributed by atoms with E-state index in [0.29, 0.717) is 6.07 Å². The number of pyridine rings is 1. The van der Waals surface area contributed by atoms with Crippen LogP contribution in [0.3, 0.4) is 0 Å². The largest absolute Gasteiger partial charge is 0.419 e. The Balaban J connectivity index is 3.36. The molecule has 6 heteroatoms. The number of rotatable bonds is 0. The Morgan fingerprint density at radius 1 is 1.33 bits per heavy atom. The standard InChI is InChI=1S/C6H3F4NS/c7-4-3(6(8,9)10)1-2-11-5(4)12/h1-2H,(H,11,12). The maximum atomic E-state index is 12.6. The van der Waals surface area contributed by atoms with Gasteiger partial charge in [0, 0.05) is 6.20 Å². The molecule has 0 aliphatic heterocycles. The van der Waals surface area contributed by atoms with Gasteiger partial charge in [0.2, 0.25) is 0 Å². The molecule has 66 valence electrons. The zero-order valence-electron chi connectivity index (χ0n) is 5.57. The van der Waals surface area contributed by atoms with Crippen LogP contribution in [0.5, 0.6) is 0 Å². The van der Waals surface area contributed by atoms with E-state index >= 15 is 0 Å². The molecule has 1 heterocycles. The topological polar surface area (TPSA) is 15.8 Å². The molecule has 0 atom stereocenters. The van der Waals surface area contributed by atoms with Gasteiger partial charge in [0.15, 0.2) is 5.82 Å².